The Hall–Kier alpha value is -2.92. The van der Waals surface area contributed by atoms with Gasteiger partial charge in [-0.2, -0.15) is 0 Å². The van der Waals surface area contributed by atoms with Gasteiger partial charge in [-0.25, -0.2) is 4.98 Å². The molecule has 23 heavy (non-hydrogen) atoms. The van der Waals surface area contributed by atoms with Crippen molar-refractivity contribution in [2.75, 3.05) is 5.32 Å². The predicted molar refractivity (Wildman–Crippen MR) is 88.3 cm³/mol. The van der Waals surface area contributed by atoms with E-state index in [4.69, 9.17) is 16.3 Å². The van der Waals surface area contributed by atoms with Crippen LogP contribution < -0.4 is 10.1 Å². The van der Waals surface area contributed by atoms with E-state index < -0.39 is 0 Å². The van der Waals surface area contributed by atoms with Gasteiger partial charge in [0.2, 0.25) is 6.41 Å². The summed E-state index contributed by atoms with van der Waals surface area (Å²) in [6.45, 7) is 0. The van der Waals surface area contributed by atoms with E-state index in [9.17, 15) is 9.59 Å². The fourth-order valence-corrected chi connectivity index (χ4v) is 2.34. The molecule has 0 spiro atoms. The summed E-state index contributed by atoms with van der Waals surface area (Å²) in [5.74, 6) is 1.05. The van der Waals surface area contributed by atoms with Gasteiger partial charge in [0.1, 0.15) is 10.9 Å². The lowest BCUT2D eigenvalue weighted by atomic mass is 10.1. The molecule has 0 aliphatic carbocycles. The molecular formula is C17H11ClN2O3. The summed E-state index contributed by atoms with van der Waals surface area (Å²) in [4.78, 5) is 26.0. The number of hydrogen-bond acceptors (Lipinski definition) is 4. The molecule has 1 aromatic heterocycles. The molecule has 0 aliphatic heterocycles. The summed E-state index contributed by atoms with van der Waals surface area (Å²) in [6, 6.07) is 14.1. The highest BCUT2D eigenvalue weighted by atomic mass is 35.5. The highest BCUT2D eigenvalue weighted by Crippen LogP contribution is 2.34. The van der Waals surface area contributed by atoms with Crippen LogP contribution in [-0.2, 0) is 4.79 Å². The molecule has 3 rings (SSSR count). The molecule has 0 radical (unpaired) electrons. The molecule has 0 unspecified atom stereocenters. The number of rotatable bonds is 5. The third-order valence-electron chi connectivity index (χ3n) is 3.21. The summed E-state index contributed by atoms with van der Waals surface area (Å²) in [5.41, 5.74) is 1.31. The molecule has 0 saturated carbocycles. The van der Waals surface area contributed by atoms with Crippen molar-refractivity contribution in [3.8, 4) is 11.5 Å². The van der Waals surface area contributed by atoms with Gasteiger partial charge in [0.25, 0.3) is 0 Å². The molecule has 1 N–H and O–H groups in total. The van der Waals surface area contributed by atoms with E-state index in [1.807, 2.05) is 18.2 Å². The van der Waals surface area contributed by atoms with Gasteiger partial charge in [0, 0.05) is 11.5 Å². The van der Waals surface area contributed by atoms with Crippen LogP contribution in [0.15, 0.2) is 48.5 Å². The number of anilines is 1. The van der Waals surface area contributed by atoms with Crippen molar-refractivity contribution in [3.05, 3.63) is 59.2 Å². The number of carbonyl (C=O) groups is 2. The minimum atomic E-state index is 0.120. The van der Waals surface area contributed by atoms with E-state index in [-0.39, 0.29) is 10.7 Å². The van der Waals surface area contributed by atoms with Gasteiger partial charge < -0.3 is 10.1 Å². The third-order valence-corrected chi connectivity index (χ3v) is 3.51. The summed E-state index contributed by atoms with van der Waals surface area (Å²) < 4.78 is 5.79. The fourth-order valence-electron chi connectivity index (χ4n) is 2.15. The number of nitrogens with one attached hydrogen (secondary N) is 1. The van der Waals surface area contributed by atoms with Crippen LogP contribution in [0.25, 0.3) is 10.9 Å². The van der Waals surface area contributed by atoms with Gasteiger partial charge in [-0.05, 0) is 24.3 Å². The zero-order valence-corrected chi connectivity index (χ0v) is 12.6. The molecule has 114 valence electrons. The van der Waals surface area contributed by atoms with Crippen molar-refractivity contribution < 1.29 is 14.3 Å². The maximum Gasteiger partial charge on any atom is 0.211 e. The zero-order chi connectivity index (χ0) is 16.2. The molecule has 0 aliphatic rings. The van der Waals surface area contributed by atoms with E-state index in [1.165, 1.54) is 0 Å². The fraction of sp³-hybridized carbons (Fsp3) is 0. The first-order valence-electron chi connectivity index (χ1n) is 6.74. The van der Waals surface area contributed by atoms with Crippen LogP contribution >= 0.6 is 11.6 Å². The number of halogens is 1. The van der Waals surface area contributed by atoms with Crippen molar-refractivity contribution in [1.82, 2.24) is 4.98 Å². The zero-order valence-electron chi connectivity index (χ0n) is 11.8. The molecular weight excluding hydrogens is 316 g/mol. The van der Waals surface area contributed by atoms with Crippen LogP contribution in [0.2, 0.25) is 5.15 Å². The number of fused-ring (bicyclic) bond motifs is 1. The number of ether oxygens (including phenoxy) is 1. The highest BCUT2D eigenvalue weighted by Gasteiger charge is 2.11. The number of pyridine rings is 1. The maximum absolute atomic E-state index is 11.0. The van der Waals surface area contributed by atoms with E-state index >= 15 is 0 Å². The molecule has 1 amide bonds. The minimum Gasteiger partial charge on any atom is -0.455 e. The largest absolute Gasteiger partial charge is 0.455 e. The second kappa shape index (κ2) is 6.46. The third kappa shape index (κ3) is 3.14. The molecule has 0 fully saturated rings. The number of nitrogens with zero attached hydrogens (tertiary/aromatic N) is 1. The van der Waals surface area contributed by atoms with Crippen LogP contribution in [0.3, 0.4) is 0 Å². The molecule has 0 saturated heterocycles. The van der Waals surface area contributed by atoms with Crippen LogP contribution in [0.1, 0.15) is 10.4 Å². The highest BCUT2D eigenvalue weighted by molar-refractivity contribution is 6.32. The number of aldehydes is 1. The monoisotopic (exact) mass is 326 g/mol. The first-order chi connectivity index (χ1) is 11.2. The maximum atomic E-state index is 11.0. The Morgan fingerprint density at radius 3 is 2.57 bits per heavy atom. The molecule has 0 atom stereocenters. The van der Waals surface area contributed by atoms with Gasteiger partial charge >= 0.3 is 0 Å². The normalized spacial score (nSPS) is 10.3. The second-order valence-corrected chi connectivity index (χ2v) is 5.06. The Morgan fingerprint density at radius 1 is 1.09 bits per heavy atom. The minimum absolute atomic E-state index is 0.120. The first kappa shape index (κ1) is 15.0. The number of amides is 1. The number of aromatic nitrogens is 1. The molecule has 5 nitrogen and oxygen atoms in total. The number of benzene rings is 2. The van der Waals surface area contributed by atoms with E-state index in [0.29, 0.717) is 40.8 Å². The second-order valence-electron chi connectivity index (χ2n) is 4.70. The number of carbonyl (C=O) groups excluding carboxylic acids is 2. The van der Waals surface area contributed by atoms with Crippen LogP contribution in [0, 0.1) is 0 Å². The Balaban J connectivity index is 2.13. The van der Waals surface area contributed by atoms with Crippen LogP contribution in [0.5, 0.6) is 11.5 Å². The average Bonchev–Trinajstić information content (AvgIpc) is 2.56. The average molecular weight is 327 g/mol. The predicted octanol–water partition coefficient (Wildman–Crippen LogP) is 4.06. The lowest BCUT2D eigenvalue weighted by molar-refractivity contribution is -0.105. The van der Waals surface area contributed by atoms with Gasteiger partial charge in [-0.1, -0.05) is 29.8 Å². The van der Waals surface area contributed by atoms with E-state index in [1.54, 1.807) is 30.3 Å². The SMILES string of the molecule is O=CNc1cc2cc(C=O)c(Cl)nc2cc1Oc1ccccc1. The van der Waals surface area contributed by atoms with Crippen LogP contribution in [-0.4, -0.2) is 17.7 Å². The topological polar surface area (TPSA) is 68.3 Å². The Labute approximate surface area is 136 Å². The Kier molecular flexibility index (Phi) is 4.21. The van der Waals surface area contributed by atoms with Crippen molar-refractivity contribution in [1.29, 1.82) is 0 Å². The van der Waals surface area contributed by atoms with Gasteiger partial charge in [0.05, 0.1) is 16.8 Å². The lowest BCUT2D eigenvalue weighted by Crippen LogP contribution is -1.98. The Bertz CT molecular complexity index is 882. The summed E-state index contributed by atoms with van der Waals surface area (Å²) in [5, 5.41) is 3.37. The van der Waals surface area contributed by atoms with Crippen molar-refractivity contribution in [3.63, 3.8) is 0 Å². The number of para-hydroxylation sites is 1. The van der Waals surface area contributed by atoms with Crippen molar-refractivity contribution in [2.45, 2.75) is 0 Å². The van der Waals surface area contributed by atoms with E-state index in [0.717, 1.165) is 0 Å². The first-order valence-corrected chi connectivity index (χ1v) is 7.11. The van der Waals surface area contributed by atoms with E-state index in [2.05, 4.69) is 10.3 Å². The smallest absolute Gasteiger partial charge is 0.211 e. The number of hydrogen-bond donors (Lipinski definition) is 1. The summed E-state index contributed by atoms with van der Waals surface area (Å²) in [7, 11) is 0. The van der Waals surface area contributed by atoms with Gasteiger partial charge in [-0.15, -0.1) is 0 Å². The lowest BCUT2D eigenvalue weighted by Gasteiger charge is -2.12. The molecule has 3 aromatic rings. The molecule has 1 heterocycles. The quantitative estimate of drug-likeness (QED) is 0.567. The van der Waals surface area contributed by atoms with Crippen LogP contribution in [0.4, 0.5) is 5.69 Å². The molecule has 6 heteroatoms. The van der Waals surface area contributed by atoms with Gasteiger partial charge in [0.15, 0.2) is 12.0 Å². The van der Waals surface area contributed by atoms with Crippen molar-refractivity contribution >= 4 is 40.9 Å². The summed E-state index contributed by atoms with van der Waals surface area (Å²) >= 11 is 5.96. The standard InChI is InChI=1S/C17H11ClN2O3/c18-17-12(9-21)6-11-7-15(19-10-22)16(8-14(11)20-17)23-13-4-2-1-3-5-13/h1-10H,(H,19,22). The van der Waals surface area contributed by atoms with Crippen molar-refractivity contribution in [2.24, 2.45) is 0 Å². The van der Waals surface area contributed by atoms with Gasteiger partial charge in [-0.3, -0.25) is 9.59 Å². The molecule has 0 bridgehead atoms. The Morgan fingerprint density at radius 2 is 1.87 bits per heavy atom. The molecule has 2 aromatic carbocycles. The summed E-state index contributed by atoms with van der Waals surface area (Å²) in [6.07, 6.45) is 1.19.